The zero-order valence-electron chi connectivity index (χ0n) is 23.0. The molecule has 0 unspecified atom stereocenters. The van der Waals surface area contributed by atoms with Crippen molar-refractivity contribution in [1.82, 2.24) is 9.88 Å². The molecule has 2 aliphatic rings. The van der Waals surface area contributed by atoms with Gasteiger partial charge in [-0.2, -0.15) is 0 Å². The first kappa shape index (κ1) is 27.1. The highest BCUT2D eigenvalue weighted by Gasteiger charge is 2.30. The van der Waals surface area contributed by atoms with Crippen LogP contribution in [0, 0.1) is 19.8 Å². The Bertz CT molecular complexity index is 1510. The van der Waals surface area contributed by atoms with Gasteiger partial charge < -0.3 is 15.3 Å². The number of nitrogens with zero attached hydrogens (tertiary/aromatic N) is 2. The Balaban J connectivity index is 1.52. The first-order valence-electron chi connectivity index (χ1n) is 13.7. The van der Waals surface area contributed by atoms with E-state index in [0.717, 1.165) is 40.8 Å². The van der Waals surface area contributed by atoms with Crippen molar-refractivity contribution >= 4 is 34.9 Å². The normalized spacial score (nSPS) is 19.5. The molecule has 0 fully saturated rings. The van der Waals surface area contributed by atoms with Gasteiger partial charge in [-0.3, -0.25) is 19.9 Å². The lowest BCUT2D eigenvalue weighted by Gasteiger charge is -2.35. The Morgan fingerprint density at radius 2 is 1.90 bits per heavy atom. The number of benzene rings is 2. The summed E-state index contributed by atoms with van der Waals surface area (Å²) < 4.78 is 0. The molecule has 2 bridgehead atoms. The summed E-state index contributed by atoms with van der Waals surface area (Å²) in [5, 5.41) is 14.5. The van der Waals surface area contributed by atoms with Crippen molar-refractivity contribution in [3.8, 4) is 11.1 Å². The van der Waals surface area contributed by atoms with Crippen LogP contribution in [-0.4, -0.2) is 39.4 Å². The summed E-state index contributed by atoms with van der Waals surface area (Å²) in [6, 6.07) is 14.9. The number of aryl methyl sites for hydroxylation is 1. The SMILES string of the molecule is Cc1cccc(C2=CC(=O)N([C@H]3CCC[C@@H](C)C(=O)Nc4cc(NC(=O)O)ccc4-c4ccnc3c4)CC2)c1C. The fraction of sp³-hybridized carbons (Fsp3) is 0.312. The van der Waals surface area contributed by atoms with Gasteiger partial charge >= 0.3 is 6.09 Å². The van der Waals surface area contributed by atoms with E-state index < -0.39 is 6.09 Å². The van der Waals surface area contributed by atoms with Gasteiger partial charge in [0, 0.05) is 36.0 Å². The highest BCUT2D eigenvalue weighted by Crippen LogP contribution is 2.37. The lowest BCUT2D eigenvalue weighted by Crippen LogP contribution is -2.38. The first-order valence-corrected chi connectivity index (χ1v) is 13.7. The molecule has 0 radical (unpaired) electrons. The Hall–Kier alpha value is -4.46. The summed E-state index contributed by atoms with van der Waals surface area (Å²) in [4.78, 5) is 44.5. The smallest absolute Gasteiger partial charge is 0.409 e. The zero-order chi connectivity index (χ0) is 28.4. The van der Waals surface area contributed by atoms with Gasteiger partial charge in [0.15, 0.2) is 0 Å². The Kier molecular flexibility index (Phi) is 7.69. The third-order valence-corrected chi connectivity index (χ3v) is 8.05. The fourth-order valence-corrected chi connectivity index (χ4v) is 5.64. The lowest BCUT2D eigenvalue weighted by atomic mass is 9.91. The summed E-state index contributed by atoms with van der Waals surface area (Å²) in [6.45, 7) is 6.66. The molecule has 3 aromatic rings. The maximum absolute atomic E-state index is 13.6. The maximum Gasteiger partial charge on any atom is 0.409 e. The number of carboxylic acid groups (broad SMARTS) is 1. The zero-order valence-corrected chi connectivity index (χ0v) is 23.0. The number of amides is 3. The molecule has 206 valence electrons. The van der Waals surface area contributed by atoms with Gasteiger partial charge in [-0.25, -0.2) is 4.79 Å². The summed E-state index contributed by atoms with van der Waals surface area (Å²) >= 11 is 0. The number of rotatable bonds is 3. The first-order chi connectivity index (χ1) is 19.2. The van der Waals surface area contributed by atoms with E-state index in [1.807, 2.05) is 30.0 Å². The van der Waals surface area contributed by atoms with Crippen molar-refractivity contribution in [2.45, 2.75) is 52.5 Å². The molecule has 2 aliphatic heterocycles. The minimum Gasteiger partial charge on any atom is -0.465 e. The van der Waals surface area contributed by atoms with E-state index in [1.54, 1.807) is 30.5 Å². The quantitative estimate of drug-likeness (QED) is 0.349. The molecule has 8 nitrogen and oxygen atoms in total. The van der Waals surface area contributed by atoms with Crippen LogP contribution in [0.25, 0.3) is 16.7 Å². The number of carbonyl (C=O) groups excluding carboxylic acids is 2. The molecule has 0 saturated carbocycles. The molecule has 2 aromatic carbocycles. The number of nitrogens with one attached hydrogen (secondary N) is 2. The molecule has 3 amide bonds. The van der Waals surface area contributed by atoms with Crippen LogP contribution in [-0.2, 0) is 9.59 Å². The van der Waals surface area contributed by atoms with Crippen LogP contribution < -0.4 is 10.6 Å². The highest BCUT2D eigenvalue weighted by atomic mass is 16.4. The van der Waals surface area contributed by atoms with E-state index in [9.17, 15) is 14.4 Å². The van der Waals surface area contributed by atoms with Crippen LogP contribution in [0.2, 0.25) is 0 Å². The number of aromatic nitrogens is 1. The average Bonchev–Trinajstić information content (AvgIpc) is 2.92. The molecule has 0 aliphatic carbocycles. The summed E-state index contributed by atoms with van der Waals surface area (Å²) in [5.74, 6) is -0.416. The van der Waals surface area contributed by atoms with Crippen LogP contribution in [0.15, 0.2) is 60.8 Å². The lowest BCUT2D eigenvalue weighted by molar-refractivity contribution is -0.129. The standard InChI is InChI=1S/C32H34N4O4/c1-19-6-4-8-25(21(19)3)23-13-15-36(30(37)17-23)29-9-5-7-20(2)31(38)35-27-18-24(34-32(39)40)10-11-26(27)22-12-14-33-28(29)16-22/h4,6,8,10-12,14,16-18,20,29,34H,5,7,9,13,15H2,1-3H3,(H,35,38)(H,39,40)/t20-,29+/m1/s1. The highest BCUT2D eigenvalue weighted by molar-refractivity contribution is 5.99. The molecular formula is C32H34N4O4. The van der Waals surface area contributed by atoms with Crippen molar-refractivity contribution in [2.75, 3.05) is 17.2 Å². The van der Waals surface area contributed by atoms with Crippen LogP contribution in [0.1, 0.15) is 61.0 Å². The molecule has 3 N–H and O–H groups in total. The summed E-state index contributed by atoms with van der Waals surface area (Å²) in [5.41, 5.74) is 7.85. The average molecular weight is 539 g/mol. The molecule has 3 heterocycles. The minimum absolute atomic E-state index is 0.0259. The molecule has 0 saturated heterocycles. The minimum atomic E-state index is -1.18. The molecular weight excluding hydrogens is 504 g/mol. The van der Waals surface area contributed by atoms with Gasteiger partial charge in [0.05, 0.1) is 17.4 Å². The Labute approximate surface area is 234 Å². The number of pyridine rings is 1. The Morgan fingerprint density at radius 1 is 1.07 bits per heavy atom. The largest absolute Gasteiger partial charge is 0.465 e. The van der Waals surface area contributed by atoms with Gasteiger partial charge in [-0.1, -0.05) is 37.6 Å². The molecule has 0 spiro atoms. The number of hydrogen-bond donors (Lipinski definition) is 3. The van der Waals surface area contributed by atoms with Crippen molar-refractivity contribution in [1.29, 1.82) is 0 Å². The summed E-state index contributed by atoms with van der Waals surface area (Å²) in [6.07, 6.45) is 5.17. The van der Waals surface area contributed by atoms with Crippen molar-refractivity contribution in [3.63, 3.8) is 0 Å². The van der Waals surface area contributed by atoms with E-state index in [-0.39, 0.29) is 23.8 Å². The van der Waals surface area contributed by atoms with Gasteiger partial charge in [-0.05, 0) is 85.2 Å². The number of hydrogen-bond acceptors (Lipinski definition) is 4. The summed E-state index contributed by atoms with van der Waals surface area (Å²) in [7, 11) is 0. The van der Waals surface area contributed by atoms with Gasteiger partial charge in [0.1, 0.15) is 0 Å². The second-order valence-corrected chi connectivity index (χ2v) is 10.7. The second kappa shape index (κ2) is 11.3. The number of fused-ring (bicyclic) bond motifs is 4. The van der Waals surface area contributed by atoms with Gasteiger partial charge in [-0.15, -0.1) is 0 Å². The van der Waals surface area contributed by atoms with Crippen LogP contribution >= 0.6 is 0 Å². The molecule has 2 atom stereocenters. The topological polar surface area (TPSA) is 112 Å². The van der Waals surface area contributed by atoms with E-state index >= 15 is 0 Å². The van der Waals surface area contributed by atoms with Crippen molar-refractivity contribution in [3.05, 3.63) is 83.2 Å². The predicted molar refractivity (Wildman–Crippen MR) is 156 cm³/mol. The van der Waals surface area contributed by atoms with E-state index in [2.05, 4.69) is 36.6 Å². The number of carbonyl (C=O) groups is 3. The third-order valence-electron chi connectivity index (χ3n) is 8.05. The predicted octanol–water partition coefficient (Wildman–Crippen LogP) is 6.57. The number of anilines is 2. The van der Waals surface area contributed by atoms with Crippen molar-refractivity contribution < 1.29 is 19.5 Å². The van der Waals surface area contributed by atoms with Crippen LogP contribution in [0.4, 0.5) is 16.2 Å². The van der Waals surface area contributed by atoms with Gasteiger partial charge in [0.25, 0.3) is 0 Å². The van der Waals surface area contributed by atoms with Crippen molar-refractivity contribution in [2.24, 2.45) is 5.92 Å². The molecule has 5 rings (SSSR count). The van der Waals surface area contributed by atoms with E-state index in [4.69, 9.17) is 10.1 Å². The van der Waals surface area contributed by atoms with Crippen LogP contribution in [0.5, 0.6) is 0 Å². The fourth-order valence-electron chi connectivity index (χ4n) is 5.64. The maximum atomic E-state index is 13.6. The third kappa shape index (κ3) is 5.61. The van der Waals surface area contributed by atoms with Gasteiger partial charge in [0.2, 0.25) is 11.8 Å². The molecule has 1 aromatic heterocycles. The van der Waals surface area contributed by atoms with E-state index in [1.165, 1.54) is 11.1 Å². The Morgan fingerprint density at radius 3 is 2.67 bits per heavy atom. The molecule has 40 heavy (non-hydrogen) atoms. The van der Waals surface area contributed by atoms with E-state index in [0.29, 0.717) is 30.8 Å². The van der Waals surface area contributed by atoms with Crippen LogP contribution in [0.3, 0.4) is 0 Å². The second-order valence-electron chi connectivity index (χ2n) is 10.7. The monoisotopic (exact) mass is 538 g/mol. The molecule has 8 heteroatoms.